The second-order valence-corrected chi connectivity index (χ2v) is 6.00. The van der Waals surface area contributed by atoms with Gasteiger partial charge in [0.05, 0.1) is 5.56 Å². The van der Waals surface area contributed by atoms with Crippen molar-refractivity contribution >= 4 is 35.1 Å². The highest BCUT2D eigenvalue weighted by Crippen LogP contribution is 2.26. The summed E-state index contributed by atoms with van der Waals surface area (Å²) in [5.41, 5.74) is 6.73. The van der Waals surface area contributed by atoms with Crippen LogP contribution in [0.3, 0.4) is 0 Å². The van der Waals surface area contributed by atoms with Crippen LogP contribution < -0.4 is 5.73 Å². The zero-order valence-corrected chi connectivity index (χ0v) is 15.2. The minimum atomic E-state index is -1.06. The lowest BCUT2D eigenvalue weighted by Crippen LogP contribution is -2.12. The third kappa shape index (κ3) is 5.51. The fourth-order valence-electron chi connectivity index (χ4n) is 2.15. The van der Waals surface area contributed by atoms with Crippen molar-refractivity contribution in [3.05, 3.63) is 87.9 Å². The molecule has 1 amide bonds. The highest BCUT2D eigenvalue weighted by Gasteiger charge is 2.11. The number of carbonyl (C=O) groups excluding carboxylic acids is 1. The number of hydrogen-bond donors (Lipinski definition) is 2. The van der Waals surface area contributed by atoms with E-state index in [4.69, 9.17) is 34.0 Å². The normalized spacial score (nSPS) is 9.89. The maximum absolute atomic E-state index is 13.2. The van der Waals surface area contributed by atoms with Crippen molar-refractivity contribution in [3.63, 3.8) is 0 Å². The van der Waals surface area contributed by atoms with Gasteiger partial charge in [-0.25, -0.2) is 14.2 Å². The predicted molar refractivity (Wildman–Crippen MR) is 102 cm³/mol. The number of carbonyl (C=O) groups is 2. The summed E-state index contributed by atoms with van der Waals surface area (Å²) in [5.74, 6) is -2.06. The van der Waals surface area contributed by atoms with E-state index in [1.54, 1.807) is 24.3 Å². The molecule has 0 fully saturated rings. The molecule has 0 unspecified atom stereocenters. The molecule has 0 spiro atoms. The van der Waals surface area contributed by atoms with Crippen LogP contribution in [-0.4, -0.2) is 22.0 Å². The Morgan fingerprint density at radius 1 is 1.00 bits per heavy atom. The minimum absolute atomic E-state index is 0.0231. The lowest BCUT2D eigenvalue weighted by Gasteiger charge is -2.07. The Labute approximate surface area is 164 Å². The van der Waals surface area contributed by atoms with Crippen molar-refractivity contribution in [2.75, 3.05) is 0 Å². The average Bonchev–Trinajstić information content (AvgIpc) is 2.62. The summed E-state index contributed by atoms with van der Waals surface area (Å²) in [4.78, 5) is 25.1. The van der Waals surface area contributed by atoms with Crippen molar-refractivity contribution in [2.45, 2.75) is 0 Å². The first-order valence-electron chi connectivity index (χ1n) is 7.48. The number of nitrogens with zero attached hydrogens (tertiary/aromatic N) is 1. The van der Waals surface area contributed by atoms with Crippen molar-refractivity contribution in [2.24, 2.45) is 5.73 Å². The Morgan fingerprint density at radius 2 is 1.67 bits per heavy atom. The van der Waals surface area contributed by atoms with Crippen LogP contribution in [0, 0.1) is 5.82 Å². The number of pyridine rings is 1. The largest absolute Gasteiger partial charge is 0.478 e. The Morgan fingerprint density at radius 3 is 2.19 bits per heavy atom. The van der Waals surface area contributed by atoms with E-state index in [2.05, 4.69) is 4.98 Å². The maximum Gasteiger partial charge on any atom is 0.338 e. The van der Waals surface area contributed by atoms with E-state index in [-0.39, 0.29) is 16.3 Å². The van der Waals surface area contributed by atoms with Crippen LogP contribution in [0.2, 0.25) is 10.2 Å². The van der Waals surface area contributed by atoms with E-state index < -0.39 is 17.7 Å². The number of halogens is 3. The van der Waals surface area contributed by atoms with E-state index in [0.717, 1.165) is 0 Å². The second-order valence-electron chi connectivity index (χ2n) is 5.21. The maximum atomic E-state index is 13.2. The fourth-order valence-corrected chi connectivity index (χ4v) is 2.47. The molecule has 3 aromatic rings. The highest BCUT2D eigenvalue weighted by atomic mass is 35.5. The molecule has 0 bridgehead atoms. The number of rotatable bonds is 3. The molecule has 0 aliphatic heterocycles. The smallest absolute Gasteiger partial charge is 0.338 e. The summed E-state index contributed by atoms with van der Waals surface area (Å²) in [6.45, 7) is 0. The monoisotopic (exact) mass is 406 g/mol. The van der Waals surface area contributed by atoms with Crippen molar-refractivity contribution in [3.8, 4) is 11.1 Å². The molecule has 1 aromatic heterocycles. The Hall–Kier alpha value is -2.96. The first-order chi connectivity index (χ1) is 12.8. The van der Waals surface area contributed by atoms with E-state index >= 15 is 0 Å². The van der Waals surface area contributed by atoms with Crippen LogP contribution >= 0.6 is 23.2 Å². The molecule has 0 saturated carbocycles. The number of nitrogens with two attached hydrogens (primary N) is 1. The van der Waals surface area contributed by atoms with Gasteiger partial charge in [-0.05, 0) is 53.6 Å². The molecular formula is C19H13Cl2FN2O3. The third-order valence-electron chi connectivity index (χ3n) is 3.39. The second kappa shape index (κ2) is 9.12. The molecule has 5 nitrogen and oxygen atoms in total. The number of aromatic carboxylic acids is 1. The van der Waals surface area contributed by atoms with Crippen molar-refractivity contribution in [1.82, 2.24) is 4.98 Å². The van der Waals surface area contributed by atoms with Gasteiger partial charge in [0, 0.05) is 16.8 Å². The van der Waals surface area contributed by atoms with Gasteiger partial charge in [0.15, 0.2) is 0 Å². The molecule has 0 atom stereocenters. The van der Waals surface area contributed by atoms with Gasteiger partial charge in [-0.3, -0.25) is 4.79 Å². The Balaban J connectivity index is 0.000000223. The Bertz CT molecular complexity index is 979. The standard InChI is InChI=1S/C13H9ClFNO.C6H4ClNO2/c14-9-3-1-8(2-4-9)12-7-10(15)5-6-11(12)13(16)17;7-5-4(6(9)10)2-1-3-8-5/h1-7H,(H2,16,17);1-3H,(H,9,10). The number of aromatic nitrogens is 1. The van der Waals surface area contributed by atoms with Crippen molar-refractivity contribution in [1.29, 1.82) is 0 Å². The summed E-state index contributed by atoms with van der Waals surface area (Å²) >= 11 is 11.2. The summed E-state index contributed by atoms with van der Waals surface area (Å²) in [6, 6.07) is 13.6. The van der Waals surface area contributed by atoms with Crippen LogP contribution in [0.25, 0.3) is 11.1 Å². The Kier molecular flexibility index (Phi) is 6.87. The fraction of sp³-hybridized carbons (Fsp3) is 0. The van der Waals surface area contributed by atoms with Gasteiger partial charge in [-0.2, -0.15) is 0 Å². The lowest BCUT2D eigenvalue weighted by molar-refractivity contribution is 0.0696. The first-order valence-corrected chi connectivity index (χ1v) is 8.24. The topological polar surface area (TPSA) is 93.3 Å². The van der Waals surface area contributed by atoms with Crippen LogP contribution in [0.1, 0.15) is 20.7 Å². The summed E-state index contributed by atoms with van der Waals surface area (Å²) in [6.07, 6.45) is 1.44. The van der Waals surface area contributed by atoms with Gasteiger partial charge in [0.1, 0.15) is 11.0 Å². The van der Waals surface area contributed by atoms with Crippen LogP contribution in [-0.2, 0) is 0 Å². The number of carboxylic acid groups (broad SMARTS) is 1. The quantitative estimate of drug-likeness (QED) is 0.617. The summed E-state index contributed by atoms with van der Waals surface area (Å²) in [7, 11) is 0. The van der Waals surface area contributed by atoms with Gasteiger partial charge >= 0.3 is 5.97 Å². The molecule has 0 saturated heterocycles. The van der Waals surface area contributed by atoms with Crippen LogP contribution in [0.15, 0.2) is 60.8 Å². The SMILES string of the molecule is NC(=O)c1ccc(F)cc1-c1ccc(Cl)cc1.O=C(O)c1cccnc1Cl. The molecule has 27 heavy (non-hydrogen) atoms. The molecule has 3 N–H and O–H groups in total. The zero-order valence-electron chi connectivity index (χ0n) is 13.7. The summed E-state index contributed by atoms with van der Waals surface area (Å²) in [5, 5.41) is 9.04. The summed E-state index contributed by atoms with van der Waals surface area (Å²) < 4.78 is 13.2. The van der Waals surface area contributed by atoms with Gasteiger partial charge in [-0.15, -0.1) is 0 Å². The van der Waals surface area contributed by atoms with E-state index in [1.807, 2.05) is 0 Å². The van der Waals surface area contributed by atoms with Gasteiger partial charge in [0.25, 0.3) is 0 Å². The predicted octanol–water partition coefficient (Wildman–Crippen LogP) is 4.68. The molecule has 8 heteroatoms. The van der Waals surface area contributed by atoms with Gasteiger partial charge < -0.3 is 10.8 Å². The number of amides is 1. The molecule has 2 aromatic carbocycles. The average molecular weight is 407 g/mol. The number of carboxylic acids is 1. The van der Waals surface area contributed by atoms with Crippen molar-refractivity contribution < 1.29 is 19.1 Å². The number of hydrogen-bond acceptors (Lipinski definition) is 3. The molecule has 1 heterocycles. The van der Waals surface area contributed by atoms with E-state index in [0.29, 0.717) is 16.1 Å². The first kappa shape index (κ1) is 20.4. The highest BCUT2D eigenvalue weighted by molar-refractivity contribution is 6.32. The minimum Gasteiger partial charge on any atom is -0.478 e. The van der Waals surface area contributed by atoms with Crippen LogP contribution in [0.5, 0.6) is 0 Å². The number of primary amides is 1. The molecule has 0 radical (unpaired) electrons. The van der Waals surface area contributed by atoms with Gasteiger partial charge in [0.2, 0.25) is 5.91 Å². The third-order valence-corrected chi connectivity index (χ3v) is 3.94. The van der Waals surface area contributed by atoms with E-state index in [1.165, 1.54) is 36.5 Å². The number of benzene rings is 2. The zero-order chi connectivity index (χ0) is 20.0. The molecule has 0 aliphatic carbocycles. The molecule has 3 rings (SSSR count). The van der Waals surface area contributed by atoms with E-state index in [9.17, 15) is 14.0 Å². The van der Waals surface area contributed by atoms with Gasteiger partial charge in [-0.1, -0.05) is 35.3 Å². The van der Waals surface area contributed by atoms with Crippen LogP contribution in [0.4, 0.5) is 4.39 Å². The molecular weight excluding hydrogens is 394 g/mol. The molecule has 0 aliphatic rings. The molecule has 138 valence electrons. The lowest BCUT2D eigenvalue weighted by atomic mass is 9.99.